The number of hydrogen-bond donors (Lipinski definition) is 2. The molecule has 2 rings (SSSR count). The lowest BCUT2D eigenvalue weighted by Crippen LogP contribution is -2.16. The van der Waals surface area contributed by atoms with Gasteiger partial charge >= 0.3 is 11.9 Å². The number of benzene rings is 1. The first kappa shape index (κ1) is 14.8. The number of carboxylic acids is 2. The quantitative estimate of drug-likeness (QED) is 0.826. The largest absolute Gasteiger partial charge is 0.486 e. The van der Waals surface area contributed by atoms with Crippen molar-refractivity contribution in [3.63, 3.8) is 0 Å². The smallest absolute Gasteiger partial charge is 0.358 e. The Labute approximate surface area is 123 Å². The Kier molecular flexibility index (Phi) is 4.39. The highest BCUT2D eigenvalue weighted by atomic mass is 35.5. The van der Waals surface area contributed by atoms with Gasteiger partial charge in [-0.15, -0.1) is 5.10 Å². The van der Waals surface area contributed by atoms with Crippen LogP contribution >= 0.6 is 11.6 Å². The molecule has 8 nitrogen and oxygen atoms in total. The van der Waals surface area contributed by atoms with Crippen molar-refractivity contribution in [1.82, 2.24) is 15.0 Å². The monoisotopic (exact) mass is 311 g/mol. The predicted octanol–water partition coefficient (Wildman–Crippen LogP) is 1.29. The molecule has 0 atom stereocenters. The van der Waals surface area contributed by atoms with Crippen molar-refractivity contribution in [3.8, 4) is 5.75 Å². The predicted molar refractivity (Wildman–Crippen MR) is 70.4 cm³/mol. The van der Waals surface area contributed by atoms with E-state index in [-0.39, 0.29) is 18.0 Å². The fourth-order valence-electron chi connectivity index (χ4n) is 1.60. The maximum absolute atomic E-state index is 11.1. The van der Waals surface area contributed by atoms with Gasteiger partial charge in [0.1, 0.15) is 24.6 Å². The minimum absolute atomic E-state index is 0.0461. The molecule has 0 aliphatic rings. The highest BCUT2D eigenvalue weighted by Gasteiger charge is 2.21. The molecule has 0 radical (unpaired) electrons. The van der Waals surface area contributed by atoms with E-state index in [0.717, 1.165) is 4.68 Å². The number of rotatable bonds is 6. The van der Waals surface area contributed by atoms with Gasteiger partial charge in [0.25, 0.3) is 0 Å². The highest BCUT2D eigenvalue weighted by molar-refractivity contribution is 6.32. The Hall–Kier alpha value is -2.61. The van der Waals surface area contributed by atoms with Gasteiger partial charge in [0.2, 0.25) is 0 Å². The number of halogens is 1. The number of nitrogens with zero attached hydrogens (tertiary/aromatic N) is 3. The first-order valence-electron chi connectivity index (χ1n) is 5.74. The van der Waals surface area contributed by atoms with E-state index < -0.39 is 18.5 Å². The summed E-state index contributed by atoms with van der Waals surface area (Å²) in [6, 6.07) is 6.64. The van der Waals surface area contributed by atoms with Crippen LogP contribution in [0, 0.1) is 0 Å². The van der Waals surface area contributed by atoms with Gasteiger partial charge in [0.15, 0.2) is 5.69 Å². The summed E-state index contributed by atoms with van der Waals surface area (Å²) in [5, 5.41) is 25.1. The van der Waals surface area contributed by atoms with Gasteiger partial charge in [0, 0.05) is 0 Å². The van der Waals surface area contributed by atoms with Crippen molar-refractivity contribution < 1.29 is 24.5 Å². The number of aliphatic carboxylic acids is 1. The molecule has 1 heterocycles. The van der Waals surface area contributed by atoms with Crippen LogP contribution in [0.3, 0.4) is 0 Å². The number of aromatic carboxylic acids is 1. The first-order chi connectivity index (χ1) is 9.99. The van der Waals surface area contributed by atoms with E-state index >= 15 is 0 Å². The molecule has 2 N–H and O–H groups in total. The van der Waals surface area contributed by atoms with Crippen LogP contribution in [0.2, 0.25) is 5.02 Å². The Bertz CT molecular complexity index is 685. The van der Waals surface area contributed by atoms with Crippen LogP contribution in [0.25, 0.3) is 0 Å². The third kappa shape index (κ3) is 3.48. The third-order valence-corrected chi connectivity index (χ3v) is 2.84. The second-order valence-electron chi connectivity index (χ2n) is 3.96. The number of aromatic nitrogens is 3. The lowest BCUT2D eigenvalue weighted by Gasteiger charge is -2.09. The van der Waals surface area contributed by atoms with E-state index in [1.54, 1.807) is 24.3 Å². The Morgan fingerprint density at radius 1 is 1.29 bits per heavy atom. The fraction of sp³-hybridized carbons (Fsp3) is 0.167. The van der Waals surface area contributed by atoms with E-state index in [9.17, 15) is 9.59 Å². The minimum atomic E-state index is -1.32. The molecule has 0 saturated carbocycles. The zero-order valence-electron chi connectivity index (χ0n) is 10.6. The molecule has 0 aliphatic carbocycles. The number of ether oxygens (including phenoxy) is 1. The zero-order valence-corrected chi connectivity index (χ0v) is 11.3. The van der Waals surface area contributed by atoms with Crippen molar-refractivity contribution >= 4 is 23.5 Å². The maximum atomic E-state index is 11.1. The molecule has 0 aliphatic heterocycles. The summed E-state index contributed by atoms with van der Waals surface area (Å²) < 4.78 is 6.37. The summed E-state index contributed by atoms with van der Waals surface area (Å²) in [7, 11) is 0. The number of hydrogen-bond acceptors (Lipinski definition) is 5. The molecule has 0 spiro atoms. The summed E-state index contributed by atoms with van der Waals surface area (Å²) in [5.41, 5.74) is -0.312. The molecule has 2 aromatic rings. The molecule has 1 aromatic heterocycles. The van der Waals surface area contributed by atoms with Crippen molar-refractivity contribution in [2.75, 3.05) is 0 Å². The van der Waals surface area contributed by atoms with Crippen molar-refractivity contribution in [2.45, 2.75) is 13.2 Å². The van der Waals surface area contributed by atoms with Gasteiger partial charge in [-0.25, -0.2) is 9.48 Å². The molecule has 0 bridgehead atoms. The lowest BCUT2D eigenvalue weighted by molar-refractivity contribution is -0.138. The molecule has 110 valence electrons. The summed E-state index contributed by atoms with van der Waals surface area (Å²) >= 11 is 5.92. The maximum Gasteiger partial charge on any atom is 0.358 e. The van der Waals surface area contributed by atoms with Crippen LogP contribution in [0.4, 0.5) is 0 Å². The zero-order chi connectivity index (χ0) is 15.4. The Balaban J connectivity index is 2.25. The molecule has 0 saturated heterocycles. The standard InChI is InChI=1S/C12H10ClN3O5/c13-7-3-1-2-4-9(7)21-6-8-11(12(19)20)14-15-16(8)5-10(17)18/h1-4H,5-6H2,(H,17,18)(H,19,20). The van der Waals surface area contributed by atoms with Gasteiger partial charge in [0.05, 0.1) is 5.02 Å². The lowest BCUT2D eigenvalue weighted by atomic mass is 10.3. The molecule has 0 fully saturated rings. The van der Waals surface area contributed by atoms with Crippen molar-refractivity contribution in [1.29, 1.82) is 0 Å². The van der Waals surface area contributed by atoms with E-state index in [4.69, 9.17) is 26.6 Å². The summed E-state index contributed by atoms with van der Waals surface area (Å²) in [6.07, 6.45) is 0. The van der Waals surface area contributed by atoms with Crippen molar-refractivity contribution in [2.24, 2.45) is 0 Å². The molecule has 9 heteroatoms. The van der Waals surface area contributed by atoms with Crippen LogP contribution < -0.4 is 4.74 Å². The summed E-state index contributed by atoms with van der Waals surface area (Å²) in [6.45, 7) is -0.729. The van der Waals surface area contributed by atoms with Gasteiger partial charge < -0.3 is 14.9 Å². The molecule has 1 aromatic carbocycles. The van der Waals surface area contributed by atoms with E-state index in [1.807, 2.05) is 0 Å². The molecule has 0 amide bonds. The van der Waals surface area contributed by atoms with Gasteiger partial charge in [-0.05, 0) is 12.1 Å². The van der Waals surface area contributed by atoms with Gasteiger partial charge in [-0.2, -0.15) is 0 Å². The SMILES string of the molecule is O=C(O)Cn1nnc(C(=O)O)c1COc1ccccc1Cl. The second kappa shape index (κ2) is 6.23. The Morgan fingerprint density at radius 3 is 2.62 bits per heavy atom. The van der Waals surface area contributed by atoms with Crippen LogP contribution in [-0.2, 0) is 17.9 Å². The molecule has 0 unspecified atom stereocenters. The normalized spacial score (nSPS) is 10.3. The van der Waals surface area contributed by atoms with Crippen LogP contribution in [0.1, 0.15) is 16.2 Å². The van der Waals surface area contributed by atoms with Crippen molar-refractivity contribution in [3.05, 3.63) is 40.7 Å². The number of carboxylic acid groups (broad SMARTS) is 2. The van der Waals surface area contributed by atoms with Crippen LogP contribution in [0.5, 0.6) is 5.75 Å². The van der Waals surface area contributed by atoms with Gasteiger partial charge in [-0.1, -0.05) is 28.9 Å². The van der Waals surface area contributed by atoms with Crippen LogP contribution in [0.15, 0.2) is 24.3 Å². The summed E-state index contributed by atoms with van der Waals surface area (Å²) in [5.74, 6) is -2.14. The Morgan fingerprint density at radius 2 is 2.00 bits per heavy atom. The average molecular weight is 312 g/mol. The average Bonchev–Trinajstić information content (AvgIpc) is 2.80. The van der Waals surface area contributed by atoms with E-state index in [0.29, 0.717) is 10.8 Å². The van der Waals surface area contributed by atoms with Crippen LogP contribution in [-0.4, -0.2) is 37.1 Å². The molecular formula is C12H10ClN3O5. The topological polar surface area (TPSA) is 115 Å². The van der Waals surface area contributed by atoms with E-state index in [2.05, 4.69) is 10.3 Å². The second-order valence-corrected chi connectivity index (χ2v) is 4.37. The minimum Gasteiger partial charge on any atom is -0.486 e. The van der Waals surface area contributed by atoms with E-state index in [1.165, 1.54) is 0 Å². The first-order valence-corrected chi connectivity index (χ1v) is 6.11. The van der Waals surface area contributed by atoms with Gasteiger partial charge in [-0.3, -0.25) is 4.79 Å². The third-order valence-electron chi connectivity index (χ3n) is 2.53. The molecular weight excluding hydrogens is 302 g/mol. The summed E-state index contributed by atoms with van der Waals surface area (Å²) in [4.78, 5) is 21.8. The highest BCUT2D eigenvalue weighted by Crippen LogP contribution is 2.24. The molecule has 21 heavy (non-hydrogen) atoms. The number of para-hydroxylation sites is 1. The number of carbonyl (C=O) groups is 2. The fourth-order valence-corrected chi connectivity index (χ4v) is 1.80.